The Labute approximate surface area is 177 Å². The molecule has 2 aliphatic carbocycles. The Morgan fingerprint density at radius 2 is 1.00 bits per heavy atom. The molecule has 0 heterocycles. The van der Waals surface area contributed by atoms with Crippen molar-refractivity contribution >= 4 is 5.78 Å². The number of carbonyl (C=O) groups is 1. The first-order chi connectivity index (χ1) is 14.7. The van der Waals surface area contributed by atoms with Crippen molar-refractivity contribution in [1.82, 2.24) is 0 Å². The molecule has 0 amide bonds. The summed E-state index contributed by atoms with van der Waals surface area (Å²) in [5, 5.41) is 19.7. The predicted molar refractivity (Wildman–Crippen MR) is 113 cm³/mol. The molecule has 2 N–H and O–H groups in total. The van der Waals surface area contributed by atoms with E-state index in [4.69, 9.17) is 9.78 Å². The van der Waals surface area contributed by atoms with E-state index in [9.17, 15) is 15.3 Å². The molecule has 2 saturated carbocycles. The Kier molecular flexibility index (Phi) is 6.34. The van der Waals surface area contributed by atoms with E-state index in [1.54, 1.807) is 12.1 Å². The monoisotopic (exact) mass is 410 g/mol. The smallest absolute Gasteiger partial charge is 0.193 e. The summed E-state index contributed by atoms with van der Waals surface area (Å²) in [4.78, 5) is 23.9. The van der Waals surface area contributed by atoms with Crippen LogP contribution in [0.3, 0.4) is 0 Å². The van der Waals surface area contributed by atoms with E-state index in [1.165, 1.54) is 0 Å². The van der Waals surface area contributed by atoms with Gasteiger partial charge in [-0.2, -0.15) is 0 Å². The molecule has 0 atom stereocenters. The third kappa shape index (κ3) is 3.71. The van der Waals surface area contributed by atoms with E-state index in [1.807, 2.05) is 36.4 Å². The summed E-state index contributed by atoms with van der Waals surface area (Å²) in [7, 11) is 0. The SMILES string of the molecule is O=C(c1ccccc1C1(OO)CCCCC1)c1ccccc1C1(OO)CCCCC1. The van der Waals surface area contributed by atoms with Crippen LogP contribution in [0.5, 0.6) is 0 Å². The van der Waals surface area contributed by atoms with Gasteiger partial charge in [-0.05, 0) is 36.8 Å². The first kappa shape index (κ1) is 21.2. The lowest BCUT2D eigenvalue weighted by Crippen LogP contribution is -2.35. The topological polar surface area (TPSA) is 76.0 Å². The highest BCUT2D eigenvalue weighted by molar-refractivity contribution is 6.11. The van der Waals surface area contributed by atoms with E-state index >= 15 is 0 Å². The molecule has 2 aliphatic rings. The Morgan fingerprint density at radius 3 is 1.37 bits per heavy atom. The van der Waals surface area contributed by atoms with E-state index < -0.39 is 11.2 Å². The van der Waals surface area contributed by atoms with Crippen LogP contribution in [0.15, 0.2) is 48.5 Å². The molecule has 2 aromatic carbocycles. The van der Waals surface area contributed by atoms with E-state index in [-0.39, 0.29) is 5.78 Å². The Hall–Kier alpha value is -2.05. The number of ketones is 1. The molecule has 0 aromatic heterocycles. The van der Waals surface area contributed by atoms with Gasteiger partial charge in [-0.1, -0.05) is 87.1 Å². The van der Waals surface area contributed by atoms with Gasteiger partial charge in [0.05, 0.1) is 0 Å². The molecular formula is C25H30O5. The third-order valence-electron chi connectivity index (χ3n) is 7.00. The van der Waals surface area contributed by atoms with E-state index in [0.717, 1.165) is 49.7 Å². The predicted octanol–water partition coefficient (Wildman–Crippen LogP) is 6.22. The van der Waals surface area contributed by atoms with E-state index in [2.05, 4.69) is 0 Å². The van der Waals surface area contributed by atoms with Gasteiger partial charge in [0.1, 0.15) is 11.2 Å². The quantitative estimate of drug-likeness (QED) is 0.336. The summed E-state index contributed by atoms with van der Waals surface area (Å²) in [6, 6.07) is 14.8. The zero-order chi connectivity index (χ0) is 21.0. The molecule has 0 saturated heterocycles. The van der Waals surface area contributed by atoms with Gasteiger partial charge in [0.15, 0.2) is 5.78 Å². The standard InChI is InChI=1S/C25H30O5/c26-23(19-11-3-5-13-21(19)24(29-27)15-7-1-8-16-24)20-12-4-6-14-22(20)25(30-28)17-9-2-10-18-25/h3-6,11-14,27-28H,1-2,7-10,15-18H2. The molecule has 0 radical (unpaired) electrons. The molecule has 2 fully saturated rings. The van der Waals surface area contributed by atoms with Gasteiger partial charge in [-0.3, -0.25) is 15.3 Å². The van der Waals surface area contributed by atoms with Crippen LogP contribution in [-0.2, 0) is 21.0 Å². The van der Waals surface area contributed by atoms with Crippen molar-refractivity contribution in [3.05, 3.63) is 70.8 Å². The van der Waals surface area contributed by atoms with Crippen molar-refractivity contribution in [3.8, 4) is 0 Å². The molecule has 0 bridgehead atoms. The summed E-state index contributed by atoms with van der Waals surface area (Å²) < 4.78 is 0. The fraction of sp³-hybridized carbons (Fsp3) is 0.480. The van der Waals surface area contributed by atoms with Crippen molar-refractivity contribution in [3.63, 3.8) is 0 Å². The summed E-state index contributed by atoms with van der Waals surface area (Å²) >= 11 is 0. The van der Waals surface area contributed by atoms with Crippen LogP contribution in [0.4, 0.5) is 0 Å². The van der Waals surface area contributed by atoms with Crippen molar-refractivity contribution < 1.29 is 25.1 Å². The van der Waals surface area contributed by atoms with E-state index in [0.29, 0.717) is 36.8 Å². The number of hydrogen-bond donors (Lipinski definition) is 2. The van der Waals surface area contributed by atoms with Gasteiger partial charge >= 0.3 is 0 Å². The molecule has 0 unspecified atom stereocenters. The molecule has 160 valence electrons. The van der Waals surface area contributed by atoms with Crippen LogP contribution in [0.2, 0.25) is 0 Å². The molecule has 5 heteroatoms. The third-order valence-corrected chi connectivity index (χ3v) is 7.00. The van der Waals surface area contributed by atoms with Crippen molar-refractivity contribution in [2.45, 2.75) is 75.4 Å². The first-order valence-electron chi connectivity index (χ1n) is 11.0. The fourth-order valence-corrected chi connectivity index (χ4v) is 5.37. The highest BCUT2D eigenvalue weighted by atomic mass is 17.1. The van der Waals surface area contributed by atoms with Crippen LogP contribution in [-0.4, -0.2) is 16.3 Å². The maximum absolute atomic E-state index is 13.8. The first-order valence-corrected chi connectivity index (χ1v) is 11.0. The van der Waals surface area contributed by atoms with Crippen molar-refractivity contribution in [2.75, 3.05) is 0 Å². The van der Waals surface area contributed by atoms with Crippen LogP contribution in [0.1, 0.15) is 91.3 Å². The lowest BCUT2D eigenvalue weighted by molar-refractivity contribution is -0.337. The molecule has 0 spiro atoms. The number of hydrogen-bond acceptors (Lipinski definition) is 5. The maximum Gasteiger partial charge on any atom is 0.193 e. The van der Waals surface area contributed by atoms with Crippen LogP contribution in [0.25, 0.3) is 0 Å². The second-order valence-corrected chi connectivity index (χ2v) is 8.71. The Balaban J connectivity index is 1.79. The highest BCUT2D eigenvalue weighted by Gasteiger charge is 2.41. The fourth-order valence-electron chi connectivity index (χ4n) is 5.37. The molecule has 4 rings (SSSR count). The number of rotatable bonds is 6. The molecular weight excluding hydrogens is 380 g/mol. The van der Waals surface area contributed by atoms with Crippen molar-refractivity contribution in [1.29, 1.82) is 0 Å². The van der Waals surface area contributed by atoms with Gasteiger partial charge < -0.3 is 0 Å². The van der Waals surface area contributed by atoms with Gasteiger partial charge in [-0.15, -0.1) is 0 Å². The van der Waals surface area contributed by atoms with Crippen molar-refractivity contribution in [2.24, 2.45) is 0 Å². The molecule has 5 nitrogen and oxygen atoms in total. The lowest BCUT2D eigenvalue weighted by Gasteiger charge is -2.37. The number of benzene rings is 2. The average Bonchev–Trinajstić information content (AvgIpc) is 2.84. The summed E-state index contributed by atoms with van der Waals surface area (Å²) in [6.07, 6.45) is 8.70. The maximum atomic E-state index is 13.8. The summed E-state index contributed by atoms with van der Waals surface area (Å²) in [6.45, 7) is 0. The second kappa shape index (κ2) is 8.98. The minimum Gasteiger partial charge on any atom is -0.289 e. The van der Waals surface area contributed by atoms with Gasteiger partial charge in [0.2, 0.25) is 0 Å². The largest absolute Gasteiger partial charge is 0.289 e. The summed E-state index contributed by atoms with van der Waals surface area (Å²) in [5.41, 5.74) is 0.823. The molecule has 2 aromatic rings. The number of carbonyl (C=O) groups excluding carboxylic acids is 1. The normalized spacial score (nSPS) is 20.6. The van der Waals surface area contributed by atoms with Gasteiger partial charge in [-0.25, -0.2) is 9.78 Å². The average molecular weight is 411 g/mol. The molecule has 0 aliphatic heterocycles. The Bertz CT molecular complexity index is 807. The summed E-state index contributed by atoms with van der Waals surface area (Å²) in [5.74, 6) is -0.134. The van der Waals surface area contributed by atoms with Crippen LogP contribution < -0.4 is 0 Å². The lowest BCUT2D eigenvalue weighted by atomic mass is 9.74. The van der Waals surface area contributed by atoms with Gasteiger partial charge in [0.25, 0.3) is 0 Å². The molecule has 30 heavy (non-hydrogen) atoms. The van der Waals surface area contributed by atoms with Crippen LogP contribution >= 0.6 is 0 Å². The zero-order valence-electron chi connectivity index (χ0n) is 17.3. The van der Waals surface area contributed by atoms with Crippen LogP contribution in [0, 0.1) is 0 Å². The Morgan fingerprint density at radius 1 is 0.633 bits per heavy atom. The highest BCUT2D eigenvalue weighted by Crippen LogP contribution is 2.44. The van der Waals surface area contributed by atoms with Gasteiger partial charge in [0, 0.05) is 11.1 Å². The minimum atomic E-state index is -0.852. The zero-order valence-corrected chi connectivity index (χ0v) is 17.3. The minimum absolute atomic E-state index is 0.134. The second-order valence-electron chi connectivity index (χ2n) is 8.71.